The highest BCUT2D eigenvalue weighted by atomic mass is 19.1. The number of aryl methyl sites for hydroxylation is 1. The quantitative estimate of drug-likeness (QED) is 0.256. The molecule has 38 heavy (non-hydrogen) atoms. The van der Waals surface area contributed by atoms with Crippen LogP contribution >= 0.6 is 0 Å². The molecule has 0 radical (unpaired) electrons. The normalized spacial score (nSPS) is 12.6. The van der Waals surface area contributed by atoms with Crippen LogP contribution in [0.1, 0.15) is 37.8 Å². The van der Waals surface area contributed by atoms with E-state index in [9.17, 15) is 18.8 Å². The minimum atomic E-state index is -1.17. The van der Waals surface area contributed by atoms with Gasteiger partial charge in [-0.1, -0.05) is 36.4 Å². The number of ether oxygens (including phenoxy) is 1. The van der Waals surface area contributed by atoms with Crippen molar-refractivity contribution in [3.63, 3.8) is 0 Å². The van der Waals surface area contributed by atoms with E-state index >= 15 is 0 Å². The second-order valence-electron chi connectivity index (χ2n) is 9.42. The second kappa shape index (κ2) is 15.8. The van der Waals surface area contributed by atoms with Gasteiger partial charge in [0.2, 0.25) is 11.8 Å². The van der Waals surface area contributed by atoms with Crippen molar-refractivity contribution in [2.75, 3.05) is 26.2 Å². The summed E-state index contributed by atoms with van der Waals surface area (Å²) in [6, 6.07) is 11.8. The number of nitrogens with one attached hydrogen (secondary N) is 1. The Hall–Kier alpha value is -3.34. The molecule has 2 rings (SSSR count). The van der Waals surface area contributed by atoms with Crippen LogP contribution in [0.15, 0.2) is 48.5 Å². The number of nitrogens with zero attached hydrogens (tertiary/aromatic N) is 1. The van der Waals surface area contributed by atoms with E-state index in [1.165, 1.54) is 17.0 Å². The third kappa shape index (κ3) is 10.2. The molecule has 0 bridgehead atoms. The Balaban J connectivity index is 2.12. The maximum atomic E-state index is 14.7. The fourth-order valence-corrected chi connectivity index (χ4v) is 3.96. The largest absolute Gasteiger partial charge is 0.491 e. The topological polar surface area (TPSA) is 154 Å². The smallest absolute Gasteiger partial charge is 0.238 e. The van der Waals surface area contributed by atoms with E-state index in [2.05, 4.69) is 5.32 Å². The highest BCUT2D eigenvalue weighted by molar-refractivity contribution is 5.93. The Bertz CT molecular complexity index is 1040. The van der Waals surface area contributed by atoms with Gasteiger partial charge in [0.25, 0.3) is 0 Å². The molecular formula is C28H40FN5O4. The standard InChI is InChI=1S/C28H40FN5O4/c1-19(2)38-22-10-9-21(23(29)17-22)16-26(35)25(11-8-20-6-4-3-5-7-20)33-28(37)24(32)18-27(36)34(14-12-30)15-13-31/h3-7,9-10,17,19,24-25H,8,11-16,18,30-32H2,1-2H3,(H,33,37)/t24-,25-/m0/s1. The van der Waals surface area contributed by atoms with Crippen molar-refractivity contribution in [1.82, 2.24) is 10.2 Å². The average molecular weight is 530 g/mol. The molecule has 0 aromatic heterocycles. The van der Waals surface area contributed by atoms with Crippen molar-refractivity contribution in [3.8, 4) is 5.75 Å². The van der Waals surface area contributed by atoms with Crippen molar-refractivity contribution in [2.24, 2.45) is 17.2 Å². The van der Waals surface area contributed by atoms with Crippen LogP contribution in [0.4, 0.5) is 4.39 Å². The number of Topliss-reactive ketones (excluding diaryl/α,β-unsaturated/α-hetero) is 1. The van der Waals surface area contributed by atoms with Crippen molar-refractivity contribution in [3.05, 3.63) is 65.5 Å². The SMILES string of the molecule is CC(C)Oc1ccc(CC(=O)[C@H](CCc2ccccc2)NC(=O)[C@@H](N)CC(=O)N(CCN)CCN)c(F)c1. The van der Waals surface area contributed by atoms with Gasteiger partial charge in [0.05, 0.1) is 24.6 Å². The Morgan fingerprint density at radius 3 is 2.26 bits per heavy atom. The molecule has 2 aromatic rings. The first kappa shape index (κ1) is 30.9. The predicted molar refractivity (Wildman–Crippen MR) is 145 cm³/mol. The van der Waals surface area contributed by atoms with Crippen LogP contribution in [0.3, 0.4) is 0 Å². The lowest BCUT2D eigenvalue weighted by atomic mass is 9.97. The Morgan fingerprint density at radius 2 is 1.68 bits per heavy atom. The number of carbonyl (C=O) groups excluding carboxylic acids is 3. The zero-order valence-corrected chi connectivity index (χ0v) is 22.2. The number of carbonyl (C=O) groups is 3. The summed E-state index contributed by atoms with van der Waals surface area (Å²) in [4.78, 5) is 40.2. The maximum Gasteiger partial charge on any atom is 0.238 e. The fourth-order valence-electron chi connectivity index (χ4n) is 3.96. The summed E-state index contributed by atoms with van der Waals surface area (Å²) in [5.41, 5.74) is 18.3. The van der Waals surface area contributed by atoms with Crippen LogP contribution in [0.5, 0.6) is 5.75 Å². The first-order valence-corrected chi connectivity index (χ1v) is 12.9. The summed E-state index contributed by atoms with van der Waals surface area (Å²) < 4.78 is 20.2. The van der Waals surface area contributed by atoms with Gasteiger partial charge in [0.15, 0.2) is 5.78 Å². The zero-order valence-electron chi connectivity index (χ0n) is 22.2. The van der Waals surface area contributed by atoms with Gasteiger partial charge >= 0.3 is 0 Å². The molecule has 0 aliphatic carbocycles. The van der Waals surface area contributed by atoms with Gasteiger partial charge in [0, 0.05) is 38.7 Å². The van der Waals surface area contributed by atoms with E-state index in [0.717, 1.165) is 5.56 Å². The molecule has 10 heteroatoms. The van der Waals surface area contributed by atoms with Crippen LogP contribution in [-0.2, 0) is 27.2 Å². The predicted octanol–water partition coefficient (Wildman–Crippen LogP) is 1.31. The zero-order chi connectivity index (χ0) is 28.1. The Labute approximate surface area is 223 Å². The molecule has 9 nitrogen and oxygen atoms in total. The molecule has 2 aromatic carbocycles. The van der Waals surface area contributed by atoms with Crippen molar-refractivity contribution < 1.29 is 23.5 Å². The van der Waals surface area contributed by atoms with Crippen LogP contribution in [0.2, 0.25) is 0 Å². The number of hydrogen-bond donors (Lipinski definition) is 4. The molecule has 0 spiro atoms. The lowest BCUT2D eigenvalue weighted by Crippen LogP contribution is -2.51. The van der Waals surface area contributed by atoms with E-state index in [1.54, 1.807) is 6.07 Å². The van der Waals surface area contributed by atoms with Gasteiger partial charge < -0.3 is 32.2 Å². The van der Waals surface area contributed by atoms with Crippen molar-refractivity contribution in [1.29, 1.82) is 0 Å². The average Bonchev–Trinajstić information content (AvgIpc) is 2.87. The molecule has 208 valence electrons. The van der Waals surface area contributed by atoms with Gasteiger partial charge in [-0.2, -0.15) is 0 Å². The van der Waals surface area contributed by atoms with E-state index < -0.39 is 23.8 Å². The molecule has 0 saturated carbocycles. The summed E-state index contributed by atoms with van der Waals surface area (Å²) in [5, 5.41) is 2.69. The van der Waals surface area contributed by atoms with Gasteiger partial charge in [-0.05, 0) is 43.9 Å². The van der Waals surface area contributed by atoms with E-state index in [4.69, 9.17) is 21.9 Å². The van der Waals surface area contributed by atoms with Gasteiger partial charge in [-0.15, -0.1) is 0 Å². The van der Waals surface area contributed by atoms with Gasteiger partial charge in [-0.25, -0.2) is 4.39 Å². The maximum absolute atomic E-state index is 14.7. The van der Waals surface area contributed by atoms with Gasteiger partial charge in [-0.3, -0.25) is 14.4 Å². The number of halogens is 1. The molecule has 2 atom stereocenters. The molecule has 0 heterocycles. The lowest BCUT2D eigenvalue weighted by molar-refractivity contribution is -0.134. The van der Waals surface area contributed by atoms with Crippen LogP contribution in [-0.4, -0.2) is 66.9 Å². The molecular weight excluding hydrogens is 489 g/mol. The van der Waals surface area contributed by atoms with E-state index in [0.29, 0.717) is 25.3 Å². The monoisotopic (exact) mass is 529 g/mol. The van der Waals surface area contributed by atoms with Crippen molar-refractivity contribution in [2.45, 2.75) is 57.7 Å². The van der Waals surface area contributed by atoms with Crippen molar-refractivity contribution >= 4 is 17.6 Å². The van der Waals surface area contributed by atoms with Crippen LogP contribution in [0, 0.1) is 5.82 Å². The molecule has 0 fully saturated rings. The molecule has 0 saturated heterocycles. The molecule has 0 aliphatic rings. The number of nitrogens with two attached hydrogens (primary N) is 3. The van der Waals surface area contributed by atoms with E-state index in [1.807, 2.05) is 44.2 Å². The molecule has 0 unspecified atom stereocenters. The number of amides is 2. The minimum absolute atomic E-state index is 0.117. The summed E-state index contributed by atoms with van der Waals surface area (Å²) >= 11 is 0. The second-order valence-corrected chi connectivity index (χ2v) is 9.42. The first-order valence-electron chi connectivity index (χ1n) is 12.9. The molecule has 0 aliphatic heterocycles. The first-order chi connectivity index (χ1) is 18.1. The van der Waals surface area contributed by atoms with Crippen LogP contribution < -0.4 is 27.3 Å². The summed E-state index contributed by atoms with van der Waals surface area (Å²) in [7, 11) is 0. The van der Waals surface area contributed by atoms with Crippen LogP contribution in [0.25, 0.3) is 0 Å². The number of ketones is 1. The highest BCUT2D eigenvalue weighted by Gasteiger charge is 2.27. The lowest BCUT2D eigenvalue weighted by Gasteiger charge is -2.24. The van der Waals surface area contributed by atoms with Gasteiger partial charge in [0.1, 0.15) is 11.6 Å². The Kier molecular flexibility index (Phi) is 12.8. The fraction of sp³-hybridized carbons (Fsp3) is 0.464. The number of rotatable bonds is 16. The summed E-state index contributed by atoms with van der Waals surface area (Å²) in [6.07, 6.45) is 0.210. The third-order valence-electron chi connectivity index (χ3n) is 5.91. The number of benzene rings is 2. The number of hydrogen-bond acceptors (Lipinski definition) is 7. The highest BCUT2D eigenvalue weighted by Crippen LogP contribution is 2.19. The summed E-state index contributed by atoms with van der Waals surface area (Å²) in [5.74, 6) is -1.53. The summed E-state index contributed by atoms with van der Waals surface area (Å²) in [6.45, 7) is 4.78. The molecule has 2 amide bonds. The molecule has 7 N–H and O–H groups in total. The Morgan fingerprint density at radius 1 is 1.03 bits per heavy atom. The minimum Gasteiger partial charge on any atom is -0.491 e. The van der Waals surface area contributed by atoms with E-state index in [-0.39, 0.29) is 55.7 Å². The third-order valence-corrected chi connectivity index (χ3v) is 5.91.